The Hall–Kier alpha value is -2.76. The van der Waals surface area contributed by atoms with Gasteiger partial charge in [-0.2, -0.15) is 0 Å². The topological polar surface area (TPSA) is 62.3 Å². The SMILES string of the molecule is C[C@@H](NC(=O)[C@@H]1CC(=O)N(Cc2ccccn2)C1)c1ccc(F)cc1. The predicted octanol–water partition coefficient (Wildman–Crippen LogP) is 2.45. The van der Waals surface area contributed by atoms with Gasteiger partial charge in [-0.15, -0.1) is 0 Å². The van der Waals surface area contributed by atoms with Crippen LogP contribution in [0.5, 0.6) is 0 Å². The van der Waals surface area contributed by atoms with Crippen molar-refractivity contribution in [1.29, 1.82) is 0 Å². The van der Waals surface area contributed by atoms with Gasteiger partial charge < -0.3 is 10.2 Å². The van der Waals surface area contributed by atoms with E-state index in [1.54, 1.807) is 23.2 Å². The van der Waals surface area contributed by atoms with E-state index in [1.165, 1.54) is 12.1 Å². The summed E-state index contributed by atoms with van der Waals surface area (Å²) in [5.41, 5.74) is 1.63. The molecule has 3 rings (SSSR count). The van der Waals surface area contributed by atoms with Crippen LogP contribution in [-0.4, -0.2) is 28.2 Å². The molecule has 2 heterocycles. The van der Waals surface area contributed by atoms with Crippen molar-refractivity contribution in [2.45, 2.75) is 25.9 Å². The standard InChI is InChI=1S/C19H20FN3O2/c1-13(14-5-7-16(20)8-6-14)22-19(25)15-10-18(24)23(11-15)12-17-4-2-3-9-21-17/h2-9,13,15H,10-12H2,1H3,(H,22,25)/t13-,15-/m1/s1. The molecule has 0 unspecified atom stereocenters. The number of carbonyl (C=O) groups excluding carboxylic acids is 2. The minimum Gasteiger partial charge on any atom is -0.349 e. The summed E-state index contributed by atoms with van der Waals surface area (Å²) in [5, 5.41) is 2.91. The zero-order valence-corrected chi connectivity index (χ0v) is 14.0. The highest BCUT2D eigenvalue weighted by Gasteiger charge is 2.34. The van der Waals surface area contributed by atoms with Crippen LogP contribution in [0.2, 0.25) is 0 Å². The van der Waals surface area contributed by atoms with E-state index in [4.69, 9.17) is 0 Å². The van der Waals surface area contributed by atoms with Gasteiger partial charge in [0.2, 0.25) is 11.8 Å². The Morgan fingerprint density at radius 1 is 1.32 bits per heavy atom. The molecule has 0 aliphatic carbocycles. The Morgan fingerprint density at radius 3 is 2.76 bits per heavy atom. The van der Waals surface area contributed by atoms with Crippen LogP contribution in [-0.2, 0) is 16.1 Å². The number of rotatable bonds is 5. The number of carbonyl (C=O) groups is 2. The van der Waals surface area contributed by atoms with Crippen molar-refractivity contribution in [3.8, 4) is 0 Å². The van der Waals surface area contributed by atoms with Gasteiger partial charge in [0.25, 0.3) is 0 Å². The minimum absolute atomic E-state index is 0.0414. The number of benzene rings is 1. The third-order valence-electron chi connectivity index (χ3n) is 4.39. The number of hydrogen-bond donors (Lipinski definition) is 1. The van der Waals surface area contributed by atoms with E-state index in [0.29, 0.717) is 13.1 Å². The number of nitrogens with zero attached hydrogens (tertiary/aromatic N) is 2. The summed E-state index contributed by atoms with van der Waals surface area (Å²) in [4.78, 5) is 30.5. The number of pyridine rings is 1. The van der Waals surface area contributed by atoms with Crippen LogP contribution in [0.1, 0.15) is 30.6 Å². The minimum atomic E-state index is -0.376. The Labute approximate surface area is 145 Å². The van der Waals surface area contributed by atoms with Gasteiger partial charge in [0.1, 0.15) is 5.82 Å². The quantitative estimate of drug-likeness (QED) is 0.909. The molecule has 1 saturated heterocycles. The maximum absolute atomic E-state index is 13.0. The number of likely N-dealkylation sites (tertiary alicyclic amines) is 1. The largest absolute Gasteiger partial charge is 0.349 e. The molecule has 1 N–H and O–H groups in total. The monoisotopic (exact) mass is 341 g/mol. The van der Waals surface area contributed by atoms with E-state index < -0.39 is 0 Å². The number of aromatic nitrogens is 1. The highest BCUT2D eigenvalue weighted by atomic mass is 19.1. The molecule has 0 saturated carbocycles. The van der Waals surface area contributed by atoms with Gasteiger partial charge in [-0.3, -0.25) is 14.6 Å². The lowest BCUT2D eigenvalue weighted by atomic mass is 10.0. The highest BCUT2D eigenvalue weighted by Crippen LogP contribution is 2.21. The van der Waals surface area contributed by atoms with E-state index in [2.05, 4.69) is 10.3 Å². The van der Waals surface area contributed by atoms with Crippen LogP contribution in [0, 0.1) is 11.7 Å². The smallest absolute Gasteiger partial charge is 0.225 e. The lowest BCUT2D eigenvalue weighted by molar-refractivity contribution is -0.129. The average Bonchev–Trinajstić information content (AvgIpc) is 2.97. The van der Waals surface area contributed by atoms with E-state index in [1.807, 2.05) is 25.1 Å². The van der Waals surface area contributed by atoms with Crippen molar-refractivity contribution < 1.29 is 14.0 Å². The molecule has 1 fully saturated rings. The van der Waals surface area contributed by atoms with Crippen molar-refractivity contribution in [2.24, 2.45) is 5.92 Å². The van der Waals surface area contributed by atoms with Gasteiger partial charge in [-0.25, -0.2) is 4.39 Å². The first-order valence-electron chi connectivity index (χ1n) is 8.26. The fraction of sp³-hybridized carbons (Fsp3) is 0.316. The molecule has 2 aromatic rings. The fourth-order valence-electron chi connectivity index (χ4n) is 2.95. The van der Waals surface area contributed by atoms with Gasteiger partial charge in [0, 0.05) is 19.2 Å². The van der Waals surface area contributed by atoms with Gasteiger partial charge in [0.15, 0.2) is 0 Å². The van der Waals surface area contributed by atoms with Crippen LogP contribution in [0.25, 0.3) is 0 Å². The van der Waals surface area contributed by atoms with Crippen molar-refractivity contribution in [2.75, 3.05) is 6.54 Å². The molecule has 5 nitrogen and oxygen atoms in total. The van der Waals surface area contributed by atoms with Crippen LogP contribution < -0.4 is 5.32 Å². The van der Waals surface area contributed by atoms with Gasteiger partial charge in [-0.05, 0) is 36.8 Å². The van der Waals surface area contributed by atoms with Crippen LogP contribution in [0.3, 0.4) is 0 Å². The van der Waals surface area contributed by atoms with Crippen LogP contribution >= 0.6 is 0 Å². The van der Waals surface area contributed by atoms with Crippen LogP contribution in [0.15, 0.2) is 48.7 Å². The molecular formula is C19H20FN3O2. The van der Waals surface area contributed by atoms with Crippen molar-refractivity contribution in [3.05, 3.63) is 65.7 Å². The predicted molar refractivity (Wildman–Crippen MR) is 90.7 cm³/mol. The normalized spacial score (nSPS) is 18.2. The molecule has 2 amide bonds. The summed E-state index contributed by atoms with van der Waals surface area (Å²) in [7, 11) is 0. The molecule has 1 aromatic heterocycles. The van der Waals surface area contributed by atoms with E-state index >= 15 is 0 Å². The van der Waals surface area contributed by atoms with E-state index in [0.717, 1.165) is 11.3 Å². The Morgan fingerprint density at radius 2 is 2.08 bits per heavy atom. The summed E-state index contributed by atoms with van der Waals surface area (Å²) < 4.78 is 13.0. The summed E-state index contributed by atoms with van der Waals surface area (Å²) >= 11 is 0. The lowest BCUT2D eigenvalue weighted by Gasteiger charge is -2.18. The number of hydrogen-bond acceptors (Lipinski definition) is 3. The lowest BCUT2D eigenvalue weighted by Crippen LogP contribution is -2.34. The Bertz CT molecular complexity index is 749. The summed E-state index contributed by atoms with van der Waals surface area (Å²) in [5.74, 6) is -0.887. The van der Waals surface area contributed by atoms with E-state index in [-0.39, 0.29) is 36.0 Å². The molecule has 0 spiro atoms. The molecule has 0 bridgehead atoms. The van der Waals surface area contributed by atoms with E-state index in [9.17, 15) is 14.0 Å². The maximum Gasteiger partial charge on any atom is 0.225 e. The molecular weight excluding hydrogens is 321 g/mol. The Balaban J connectivity index is 1.58. The van der Waals surface area contributed by atoms with Crippen molar-refractivity contribution in [3.63, 3.8) is 0 Å². The fourth-order valence-corrected chi connectivity index (χ4v) is 2.95. The molecule has 2 atom stereocenters. The second kappa shape index (κ2) is 7.42. The molecule has 1 aromatic carbocycles. The zero-order chi connectivity index (χ0) is 17.8. The molecule has 130 valence electrons. The number of halogens is 1. The highest BCUT2D eigenvalue weighted by molar-refractivity contribution is 5.89. The summed E-state index contributed by atoms with van der Waals surface area (Å²) in [6, 6.07) is 11.3. The molecule has 0 radical (unpaired) electrons. The second-order valence-corrected chi connectivity index (χ2v) is 6.28. The Kier molecular flexibility index (Phi) is 5.07. The average molecular weight is 341 g/mol. The first kappa shape index (κ1) is 17.1. The molecule has 6 heteroatoms. The zero-order valence-electron chi connectivity index (χ0n) is 14.0. The first-order chi connectivity index (χ1) is 12.0. The second-order valence-electron chi connectivity index (χ2n) is 6.28. The van der Waals surface area contributed by atoms with Gasteiger partial charge in [-0.1, -0.05) is 18.2 Å². The maximum atomic E-state index is 13.0. The van der Waals surface area contributed by atoms with Crippen molar-refractivity contribution in [1.82, 2.24) is 15.2 Å². The number of nitrogens with one attached hydrogen (secondary N) is 1. The number of amides is 2. The molecule has 1 aliphatic rings. The first-order valence-corrected chi connectivity index (χ1v) is 8.26. The molecule has 25 heavy (non-hydrogen) atoms. The summed E-state index contributed by atoms with van der Waals surface area (Å²) in [6.45, 7) is 2.64. The van der Waals surface area contributed by atoms with Crippen molar-refractivity contribution >= 4 is 11.8 Å². The van der Waals surface area contributed by atoms with Crippen LogP contribution in [0.4, 0.5) is 4.39 Å². The third kappa shape index (κ3) is 4.21. The summed E-state index contributed by atoms with van der Waals surface area (Å²) in [6.07, 6.45) is 1.89. The van der Waals surface area contributed by atoms with Gasteiger partial charge >= 0.3 is 0 Å². The third-order valence-corrected chi connectivity index (χ3v) is 4.39. The van der Waals surface area contributed by atoms with Gasteiger partial charge in [0.05, 0.1) is 24.2 Å². The molecule has 1 aliphatic heterocycles.